The Bertz CT molecular complexity index is 984. The highest BCUT2D eigenvalue weighted by Crippen LogP contribution is 2.51. The molecule has 1 amide bonds. The van der Waals surface area contributed by atoms with Crippen molar-refractivity contribution in [3.8, 4) is 5.75 Å². The summed E-state index contributed by atoms with van der Waals surface area (Å²) in [4.78, 5) is 39.7. The van der Waals surface area contributed by atoms with E-state index in [1.54, 1.807) is 0 Å². The minimum atomic E-state index is -0.596. The molecule has 0 atom stereocenters. The molecule has 158 valence electrons. The van der Waals surface area contributed by atoms with Crippen molar-refractivity contribution in [1.82, 2.24) is 4.90 Å². The van der Waals surface area contributed by atoms with Crippen LogP contribution in [-0.2, 0) is 14.4 Å². The molecule has 6 nitrogen and oxygen atoms in total. The highest BCUT2D eigenvalue weighted by atomic mass is 79.9. The number of carbonyl (C=O) groups excluding carboxylic acids is 3. The third-order valence-corrected chi connectivity index (χ3v) is 7.00. The third kappa shape index (κ3) is 3.64. The lowest BCUT2D eigenvalue weighted by Gasteiger charge is -2.42. The number of Topliss-reactive ketones (excluding diaryl/α,β-unsaturated/α-hetero) is 2. The number of nitrogens with two attached hydrogens (primary N) is 1. The molecule has 0 fully saturated rings. The smallest absolute Gasteiger partial charge is 0.255 e. The van der Waals surface area contributed by atoms with Crippen molar-refractivity contribution in [3.63, 3.8) is 0 Å². The van der Waals surface area contributed by atoms with Crippen molar-refractivity contribution in [2.75, 3.05) is 13.7 Å². The lowest BCUT2D eigenvalue weighted by molar-refractivity contribution is -0.120. The van der Waals surface area contributed by atoms with E-state index < -0.39 is 11.8 Å². The maximum Gasteiger partial charge on any atom is 0.255 e. The van der Waals surface area contributed by atoms with Gasteiger partial charge < -0.3 is 15.4 Å². The number of carbonyl (C=O) groups is 3. The van der Waals surface area contributed by atoms with Crippen LogP contribution in [0.3, 0.4) is 0 Å². The summed E-state index contributed by atoms with van der Waals surface area (Å²) in [6, 6.07) is 3.68. The van der Waals surface area contributed by atoms with Gasteiger partial charge in [0, 0.05) is 58.4 Å². The maximum atomic E-state index is 13.1. The monoisotopic (exact) mass is 536 g/mol. The number of nitrogens with zero attached hydrogens (tertiary/aromatic N) is 1. The Morgan fingerprint density at radius 1 is 1.07 bits per heavy atom. The third-order valence-electron chi connectivity index (χ3n) is 5.95. The van der Waals surface area contributed by atoms with Crippen LogP contribution in [0.5, 0.6) is 5.75 Å². The van der Waals surface area contributed by atoms with E-state index >= 15 is 0 Å². The van der Waals surface area contributed by atoms with Gasteiger partial charge in [0.1, 0.15) is 5.75 Å². The number of hydrogen-bond acceptors (Lipinski definition) is 5. The fourth-order valence-corrected chi connectivity index (χ4v) is 6.13. The Balaban J connectivity index is 1.98. The van der Waals surface area contributed by atoms with Gasteiger partial charge >= 0.3 is 0 Å². The normalized spacial score (nSPS) is 19.8. The van der Waals surface area contributed by atoms with Crippen LogP contribution in [0.4, 0.5) is 0 Å². The van der Waals surface area contributed by atoms with Crippen LogP contribution >= 0.6 is 31.9 Å². The molecule has 3 aliphatic rings. The second-order valence-corrected chi connectivity index (χ2v) is 9.60. The van der Waals surface area contributed by atoms with Gasteiger partial charge in [-0.2, -0.15) is 0 Å². The zero-order valence-electron chi connectivity index (χ0n) is 16.6. The quantitative estimate of drug-likeness (QED) is 0.624. The van der Waals surface area contributed by atoms with Crippen molar-refractivity contribution in [2.24, 2.45) is 5.73 Å². The van der Waals surface area contributed by atoms with Crippen LogP contribution in [0.15, 0.2) is 43.6 Å². The van der Waals surface area contributed by atoms with E-state index in [4.69, 9.17) is 10.5 Å². The summed E-state index contributed by atoms with van der Waals surface area (Å²) in [6.07, 6.45) is 4.13. The SMILES string of the molecule is CN1C2=C(C(=O)CCC2)C(c2cc(Br)cc(Br)c2OCC(N)=O)C2=C1CCCC2=O. The van der Waals surface area contributed by atoms with Crippen LogP contribution in [0, 0.1) is 0 Å². The number of allylic oxidation sites excluding steroid dienone is 4. The first kappa shape index (κ1) is 21.3. The minimum absolute atomic E-state index is 0.0648. The summed E-state index contributed by atoms with van der Waals surface area (Å²) in [5.74, 6) is -0.545. The Kier molecular flexibility index (Phi) is 5.90. The number of benzene rings is 1. The van der Waals surface area contributed by atoms with Gasteiger partial charge in [0.15, 0.2) is 18.2 Å². The van der Waals surface area contributed by atoms with Crippen molar-refractivity contribution in [3.05, 3.63) is 49.2 Å². The van der Waals surface area contributed by atoms with E-state index in [-0.39, 0.29) is 18.2 Å². The van der Waals surface area contributed by atoms with Crippen LogP contribution in [0.1, 0.15) is 50.0 Å². The van der Waals surface area contributed by atoms with E-state index in [2.05, 4.69) is 36.8 Å². The van der Waals surface area contributed by atoms with Crippen molar-refractivity contribution >= 4 is 49.3 Å². The first-order valence-corrected chi connectivity index (χ1v) is 11.5. The topological polar surface area (TPSA) is 89.7 Å². The van der Waals surface area contributed by atoms with Crippen LogP contribution in [0.2, 0.25) is 0 Å². The highest BCUT2D eigenvalue weighted by Gasteiger charge is 2.43. The van der Waals surface area contributed by atoms with E-state index in [1.165, 1.54) is 0 Å². The molecule has 2 aliphatic carbocycles. The van der Waals surface area contributed by atoms with Gasteiger partial charge in [-0.15, -0.1) is 0 Å². The van der Waals surface area contributed by atoms with Crippen molar-refractivity contribution in [2.45, 2.75) is 44.4 Å². The first-order chi connectivity index (χ1) is 14.3. The summed E-state index contributed by atoms with van der Waals surface area (Å²) >= 11 is 7.04. The minimum Gasteiger partial charge on any atom is -0.482 e. The maximum absolute atomic E-state index is 13.1. The zero-order chi connectivity index (χ0) is 21.6. The van der Waals surface area contributed by atoms with Gasteiger partial charge in [0.25, 0.3) is 5.91 Å². The fourth-order valence-electron chi connectivity index (χ4n) is 4.75. The van der Waals surface area contributed by atoms with Gasteiger partial charge in [0.05, 0.1) is 4.47 Å². The summed E-state index contributed by atoms with van der Waals surface area (Å²) in [5, 5.41) is 0. The van der Waals surface area contributed by atoms with E-state index in [0.717, 1.165) is 41.6 Å². The molecule has 30 heavy (non-hydrogen) atoms. The Labute approximate surface area is 191 Å². The number of ketones is 2. The molecular weight excluding hydrogens is 516 g/mol. The first-order valence-electron chi connectivity index (χ1n) is 9.95. The summed E-state index contributed by atoms with van der Waals surface area (Å²) < 4.78 is 7.18. The Morgan fingerprint density at radius 2 is 1.63 bits per heavy atom. The number of primary amides is 1. The Hall–Kier alpha value is -1.93. The van der Waals surface area contributed by atoms with Gasteiger partial charge in [-0.3, -0.25) is 14.4 Å². The standard InChI is InChI=1S/C22H22Br2N2O4/c1-26-14-4-2-6-16(27)20(14)19(21-15(26)5-3-7-17(21)28)12-8-11(23)9-13(24)22(12)30-10-18(25)29/h8-9,19H,2-7,10H2,1H3,(H2,25,29). The predicted molar refractivity (Wildman–Crippen MR) is 119 cm³/mol. The second kappa shape index (κ2) is 8.30. The average Bonchev–Trinajstić information content (AvgIpc) is 2.68. The lowest BCUT2D eigenvalue weighted by Crippen LogP contribution is -2.37. The van der Waals surface area contributed by atoms with E-state index in [9.17, 15) is 14.4 Å². The van der Waals surface area contributed by atoms with Crippen LogP contribution in [-0.4, -0.2) is 36.0 Å². The predicted octanol–water partition coefficient (Wildman–Crippen LogP) is 4.12. The molecule has 0 spiro atoms. The largest absolute Gasteiger partial charge is 0.482 e. The average molecular weight is 538 g/mol. The van der Waals surface area contributed by atoms with Crippen molar-refractivity contribution in [1.29, 1.82) is 0 Å². The molecule has 0 unspecified atom stereocenters. The van der Waals surface area contributed by atoms with Gasteiger partial charge in [0.2, 0.25) is 0 Å². The number of rotatable bonds is 4. The molecule has 0 aromatic heterocycles. The lowest BCUT2D eigenvalue weighted by atomic mass is 9.71. The number of ether oxygens (including phenoxy) is 1. The van der Waals surface area contributed by atoms with Gasteiger partial charge in [-0.1, -0.05) is 15.9 Å². The van der Waals surface area contributed by atoms with Gasteiger partial charge in [-0.05, 0) is 53.7 Å². The van der Waals surface area contributed by atoms with Crippen LogP contribution in [0.25, 0.3) is 0 Å². The van der Waals surface area contributed by atoms with Crippen molar-refractivity contribution < 1.29 is 19.1 Å². The molecule has 1 heterocycles. The fraction of sp³-hybridized carbons (Fsp3) is 0.409. The summed E-state index contributed by atoms with van der Waals surface area (Å²) in [7, 11) is 1.96. The molecule has 1 aliphatic heterocycles. The number of hydrogen-bond donors (Lipinski definition) is 1. The summed E-state index contributed by atoms with van der Waals surface area (Å²) in [5.41, 5.74) is 9.31. The second-order valence-electron chi connectivity index (χ2n) is 7.83. The molecule has 0 saturated carbocycles. The molecule has 8 heteroatoms. The number of amides is 1. The molecule has 1 aromatic rings. The molecule has 4 rings (SSSR count). The van der Waals surface area contributed by atoms with Crippen LogP contribution < -0.4 is 10.5 Å². The molecular formula is C22H22Br2N2O4. The molecule has 0 bridgehead atoms. The molecule has 0 saturated heterocycles. The zero-order valence-corrected chi connectivity index (χ0v) is 19.8. The summed E-state index contributed by atoms with van der Waals surface area (Å²) in [6.45, 7) is -0.292. The number of halogens is 2. The molecule has 0 radical (unpaired) electrons. The molecule has 1 aromatic carbocycles. The van der Waals surface area contributed by atoms with E-state index in [1.807, 2.05) is 19.2 Å². The van der Waals surface area contributed by atoms with E-state index in [0.29, 0.717) is 39.8 Å². The van der Waals surface area contributed by atoms with Gasteiger partial charge in [-0.25, -0.2) is 0 Å². The highest BCUT2D eigenvalue weighted by molar-refractivity contribution is 9.11. The Morgan fingerprint density at radius 3 is 2.17 bits per heavy atom. The molecule has 2 N–H and O–H groups in total.